The van der Waals surface area contributed by atoms with Crippen LogP contribution in [-0.4, -0.2) is 12.7 Å². The number of rotatable bonds is 6. The molecule has 1 atom stereocenters. The normalized spacial score (nSPS) is 23.2. The highest BCUT2D eigenvalue weighted by Crippen LogP contribution is 2.17. The number of hydrogen-bond acceptors (Lipinski definition) is 1. The van der Waals surface area contributed by atoms with Gasteiger partial charge in [-0.3, -0.25) is 0 Å². The lowest BCUT2D eigenvalue weighted by Crippen LogP contribution is -2.04. The molecule has 0 saturated carbocycles. The summed E-state index contributed by atoms with van der Waals surface area (Å²) in [5.41, 5.74) is 0. The molecule has 0 amide bonds. The highest BCUT2D eigenvalue weighted by molar-refractivity contribution is 4.80. The molecule has 0 N–H and O–H groups in total. The van der Waals surface area contributed by atoms with Crippen molar-refractivity contribution in [1.29, 1.82) is 0 Å². The average Bonchev–Trinajstić information content (AvgIpc) is 2.57. The minimum Gasteiger partial charge on any atom is -0.378 e. The van der Waals surface area contributed by atoms with Gasteiger partial charge in [-0.25, -0.2) is 0 Å². The molecule has 0 aromatic rings. The van der Waals surface area contributed by atoms with Gasteiger partial charge in [0.1, 0.15) is 0 Å². The molecule has 1 rings (SSSR count). The third kappa shape index (κ3) is 4.10. The maximum absolute atomic E-state index is 5.50. The third-order valence-electron chi connectivity index (χ3n) is 2.45. The van der Waals surface area contributed by atoms with E-state index in [0.29, 0.717) is 6.10 Å². The zero-order chi connectivity index (χ0) is 8.65. The van der Waals surface area contributed by atoms with E-state index in [-0.39, 0.29) is 0 Å². The van der Waals surface area contributed by atoms with Crippen LogP contribution in [-0.2, 0) is 4.74 Å². The topological polar surface area (TPSA) is 9.23 Å². The van der Waals surface area contributed by atoms with Crippen LogP contribution >= 0.6 is 0 Å². The molecule has 1 saturated heterocycles. The summed E-state index contributed by atoms with van der Waals surface area (Å²) >= 11 is 0. The van der Waals surface area contributed by atoms with E-state index >= 15 is 0 Å². The maximum atomic E-state index is 5.50. The fraction of sp³-hybridized carbons (Fsp3) is 0.909. The van der Waals surface area contributed by atoms with Gasteiger partial charge in [-0.05, 0) is 25.7 Å². The van der Waals surface area contributed by atoms with Crippen molar-refractivity contribution in [1.82, 2.24) is 0 Å². The highest BCUT2D eigenvalue weighted by Gasteiger charge is 2.14. The van der Waals surface area contributed by atoms with Crippen molar-refractivity contribution in [2.45, 2.75) is 58.0 Å². The summed E-state index contributed by atoms with van der Waals surface area (Å²) in [6, 6.07) is 0. The van der Waals surface area contributed by atoms with Crippen molar-refractivity contribution in [2.75, 3.05) is 6.61 Å². The lowest BCUT2D eigenvalue weighted by Gasteiger charge is -2.07. The molecule has 0 spiro atoms. The zero-order valence-electron chi connectivity index (χ0n) is 8.22. The summed E-state index contributed by atoms with van der Waals surface area (Å²) in [6.07, 6.45) is 12.1. The second-order valence-electron chi connectivity index (χ2n) is 3.64. The molecule has 71 valence electrons. The lowest BCUT2D eigenvalue weighted by molar-refractivity contribution is 0.131. The molecule has 1 aliphatic rings. The SMILES string of the molecule is CCCCCC[CH]C1CCCO1. The summed E-state index contributed by atoms with van der Waals surface area (Å²) in [7, 11) is 0. The van der Waals surface area contributed by atoms with Crippen molar-refractivity contribution < 1.29 is 4.74 Å². The maximum Gasteiger partial charge on any atom is 0.0607 e. The Morgan fingerprint density at radius 1 is 1.33 bits per heavy atom. The van der Waals surface area contributed by atoms with E-state index in [1.165, 1.54) is 44.9 Å². The standard InChI is InChI=1S/C11H21O/c1-2-3-4-5-6-8-11-9-7-10-12-11/h8,11H,2-7,9-10H2,1H3. The van der Waals surface area contributed by atoms with Crippen molar-refractivity contribution >= 4 is 0 Å². The van der Waals surface area contributed by atoms with Crippen LogP contribution in [0.15, 0.2) is 0 Å². The fourth-order valence-electron chi connectivity index (χ4n) is 1.66. The first-order chi connectivity index (χ1) is 5.93. The van der Waals surface area contributed by atoms with Crippen LogP contribution in [0.3, 0.4) is 0 Å². The monoisotopic (exact) mass is 169 g/mol. The van der Waals surface area contributed by atoms with Crippen molar-refractivity contribution in [2.24, 2.45) is 0 Å². The van der Waals surface area contributed by atoms with Crippen LogP contribution in [0, 0.1) is 6.42 Å². The van der Waals surface area contributed by atoms with E-state index in [0.717, 1.165) is 6.61 Å². The van der Waals surface area contributed by atoms with Crippen molar-refractivity contribution in [3.05, 3.63) is 6.42 Å². The summed E-state index contributed by atoms with van der Waals surface area (Å²) in [4.78, 5) is 0. The third-order valence-corrected chi connectivity index (χ3v) is 2.45. The van der Waals surface area contributed by atoms with Crippen LogP contribution in [0.2, 0.25) is 0 Å². The molecule has 0 aromatic heterocycles. The van der Waals surface area contributed by atoms with Gasteiger partial charge in [0.2, 0.25) is 0 Å². The molecule has 1 aliphatic heterocycles. The second kappa shape index (κ2) is 6.47. The van der Waals surface area contributed by atoms with Gasteiger partial charge in [0.25, 0.3) is 0 Å². The van der Waals surface area contributed by atoms with Crippen molar-refractivity contribution in [3.8, 4) is 0 Å². The van der Waals surface area contributed by atoms with Gasteiger partial charge in [-0.2, -0.15) is 0 Å². The predicted molar refractivity (Wildman–Crippen MR) is 52.0 cm³/mol. The number of hydrogen-bond donors (Lipinski definition) is 0. The Bertz CT molecular complexity index is 95.2. The molecule has 12 heavy (non-hydrogen) atoms. The fourth-order valence-corrected chi connectivity index (χ4v) is 1.66. The Morgan fingerprint density at radius 2 is 2.25 bits per heavy atom. The molecule has 1 nitrogen and oxygen atoms in total. The smallest absolute Gasteiger partial charge is 0.0607 e. The zero-order valence-corrected chi connectivity index (χ0v) is 8.22. The quantitative estimate of drug-likeness (QED) is 0.554. The Kier molecular flexibility index (Phi) is 5.42. The Morgan fingerprint density at radius 3 is 2.92 bits per heavy atom. The molecule has 0 aromatic carbocycles. The molecule has 1 unspecified atom stereocenters. The summed E-state index contributed by atoms with van der Waals surface area (Å²) in [5, 5.41) is 0. The molecular weight excluding hydrogens is 148 g/mol. The minimum atomic E-state index is 0.492. The summed E-state index contributed by atoms with van der Waals surface area (Å²) in [6.45, 7) is 3.24. The Balaban J connectivity index is 1.81. The van der Waals surface area contributed by atoms with E-state index < -0.39 is 0 Å². The van der Waals surface area contributed by atoms with E-state index in [1.54, 1.807) is 0 Å². The van der Waals surface area contributed by atoms with Gasteiger partial charge in [0.15, 0.2) is 0 Å². The van der Waals surface area contributed by atoms with Gasteiger partial charge >= 0.3 is 0 Å². The minimum absolute atomic E-state index is 0.492. The number of unbranched alkanes of at least 4 members (excludes halogenated alkanes) is 4. The van der Waals surface area contributed by atoms with Gasteiger partial charge in [0, 0.05) is 6.61 Å². The number of ether oxygens (including phenoxy) is 1. The molecule has 1 fully saturated rings. The van der Waals surface area contributed by atoms with Crippen LogP contribution in [0.5, 0.6) is 0 Å². The summed E-state index contributed by atoms with van der Waals surface area (Å²) in [5.74, 6) is 0. The first kappa shape index (κ1) is 10.0. The van der Waals surface area contributed by atoms with E-state index in [4.69, 9.17) is 4.74 Å². The highest BCUT2D eigenvalue weighted by atomic mass is 16.5. The van der Waals surface area contributed by atoms with Crippen molar-refractivity contribution in [3.63, 3.8) is 0 Å². The van der Waals surface area contributed by atoms with Crippen LogP contribution < -0.4 is 0 Å². The van der Waals surface area contributed by atoms with Gasteiger partial charge < -0.3 is 4.74 Å². The molecule has 0 aliphatic carbocycles. The predicted octanol–water partition coefficient (Wildman–Crippen LogP) is 3.34. The lowest BCUT2D eigenvalue weighted by atomic mass is 10.1. The molecule has 1 heteroatoms. The largest absolute Gasteiger partial charge is 0.378 e. The van der Waals surface area contributed by atoms with E-state index in [9.17, 15) is 0 Å². The van der Waals surface area contributed by atoms with Gasteiger partial charge in [-0.1, -0.05) is 32.6 Å². The van der Waals surface area contributed by atoms with E-state index in [2.05, 4.69) is 13.3 Å². The summed E-state index contributed by atoms with van der Waals surface area (Å²) < 4.78 is 5.50. The molecule has 0 bridgehead atoms. The molecule has 1 radical (unpaired) electrons. The second-order valence-corrected chi connectivity index (χ2v) is 3.64. The first-order valence-electron chi connectivity index (χ1n) is 5.38. The van der Waals surface area contributed by atoms with Gasteiger partial charge in [0.05, 0.1) is 6.10 Å². The Labute approximate surface area is 76.5 Å². The van der Waals surface area contributed by atoms with Crippen LogP contribution in [0.1, 0.15) is 51.9 Å². The van der Waals surface area contributed by atoms with Crippen LogP contribution in [0.4, 0.5) is 0 Å². The average molecular weight is 169 g/mol. The van der Waals surface area contributed by atoms with E-state index in [1.807, 2.05) is 0 Å². The van der Waals surface area contributed by atoms with Crippen LogP contribution in [0.25, 0.3) is 0 Å². The molecular formula is C11H21O. The Hall–Kier alpha value is -0.0400. The van der Waals surface area contributed by atoms with Gasteiger partial charge in [-0.15, -0.1) is 0 Å². The first-order valence-corrected chi connectivity index (χ1v) is 5.38. The molecule has 1 heterocycles.